The average Bonchev–Trinajstić information content (AvgIpc) is 3.21. The van der Waals surface area contributed by atoms with E-state index in [0.717, 1.165) is 30.4 Å². The van der Waals surface area contributed by atoms with Gasteiger partial charge in [0.05, 0.1) is 35.8 Å². The highest BCUT2D eigenvalue weighted by molar-refractivity contribution is 6.30. The fraction of sp³-hybridized carbons (Fsp3) is 0.304. The van der Waals surface area contributed by atoms with Crippen molar-refractivity contribution in [3.63, 3.8) is 0 Å². The van der Waals surface area contributed by atoms with Gasteiger partial charge in [0.25, 0.3) is 5.56 Å². The summed E-state index contributed by atoms with van der Waals surface area (Å²) < 4.78 is 3.28. The Labute approximate surface area is 184 Å². The van der Waals surface area contributed by atoms with Gasteiger partial charge in [0.15, 0.2) is 0 Å². The van der Waals surface area contributed by atoms with E-state index < -0.39 is 6.10 Å². The molecule has 1 aliphatic rings. The lowest BCUT2D eigenvalue weighted by molar-refractivity contribution is 0.0735. The summed E-state index contributed by atoms with van der Waals surface area (Å²) in [6.07, 6.45) is 8.00. The quantitative estimate of drug-likeness (QED) is 0.526. The molecule has 3 heterocycles. The van der Waals surface area contributed by atoms with Crippen LogP contribution in [-0.4, -0.2) is 35.5 Å². The molecule has 1 aromatic carbocycles. The minimum Gasteiger partial charge on any atom is -0.391 e. The fourth-order valence-corrected chi connectivity index (χ4v) is 4.44. The maximum Gasteiger partial charge on any atom is 0.261 e. The Morgan fingerprint density at radius 3 is 2.61 bits per heavy atom. The molecule has 0 radical (unpaired) electrons. The number of pyridine rings is 1. The normalized spacial score (nSPS) is 19.1. The fourth-order valence-electron chi connectivity index (χ4n) is 4.31. The molecule has 3 aromatic heterocycles. The molecule has 5 rings (SSSR count). The number of fused-ring (bicyclic) bond motifs is 1. The van der Waals surface area contributed by atoms with E-state index in [1.807, 2.05) is 25.4 Å². The highest BCUT2D eigenvalue weighted by Gasteiger charge is 2.26. The molecule has 1 fully saturated rings. The number of benzene rings is 1. The van der Waals surface area contributed by atoms with Gasteiger partial charge in [0.1, 0.15) is 11.2 Å². The SMILES string of the molecule is Cn1cc(-c2nc(-c3ccc(Cl)cc3)cc3c(=O)n([C@H]4CCCC[C@H]4O)cnc23)cn1. The molecule has 1 saturated carbocycles. The number of hydrogen-bond acceptors (Lipinski definition) is 5. The monoisotopic (exact) mass is 435 g/mol. The number of aliphatic hydroxyl groups is 1. The number of hydrogen-bond donors (Lipinski definition) is 1. The number of aryl methyl sites for hydroxylation is 1. The van der Waals surface area contributed by atoms with Crippen molar-refractivity contribution in [1.82, 2.24) is 24.3 Å². The van der Waals surface area contributed by atoms with Gasteiger partial charge in [-0.1, -0.05) is 36.6 Å². The maximum absolute atomic E-state index is 13.5. The van der Waals surface area contributed by atoms with E-state index in [0.29, 0.717) is 33.7 Å². The highest BCUT2D eigenvalue weighted by Crippen LogP contribution is 2.31. The number of aromatic nitrogens is 5. The van der Waals surface area contributed by atoms with Crippen molar-refractivity contribution in [1.29, 1.82) is 0 Å². The Hall–Kier alpha value is -3.03. The van der Waals surface area contributed by atoms with Crippen LogP contribution in [0.15, 0.2) is 53.8 Å². The van der Waals surface area contributed by atoms with Gasteiger partial charge in [-0.15, -0.1) is 0 Å². The summed E-state index contributed by atoms with van der Waals surface area (Å²) >= 11 is 6.05. The van der Waals surface area contributed by atoms with Crippen LogP contribution in [0.2, 0.25) is 5.02 Å². The van der Waals surface area contributed by atoms with Crippen LogP contribution >= 0.6 is 11.6 Å². The van der Waals surface area contributed by atoms with Crippen molar-refractivity contribution < 1.29 is 5.11 Å². The first-order valence-corrected chi connectivity index (χ1v) is 10.7. The lowest BCUT2D eigenvalue weighted by Gasteiger charge is -2.29. The third kappa shape index (κ3) is 3.64. The summed E-state index contributed by atoms with van der Waals surface area (Å²) in [5.41, 5.74) is 3.25. The van der Waals surface area contributed by atoms with Crippen molar-refractivity contribution in [2.75, 3.05) is 0 Å². The van der Waals surface area contributed by atoms with Crippen LogP contribution < -0.4 is 5.56 Å². The second-order valence-corrected chi connectivity index (χ2v) is 8.47. The molecule has 0 spiro atoms. The van der Waals surface area contributed by atoms with Crippen molar-refractivity contribution in [3.05, 3.63) is 64.4 Å². The van der Waals surface area contributed by atoms with E-state index >= 15 is 0 Å². The first kappa shape index (κ1) is 19.9. The molecule has 1 aliphatic carbocycles. The molecule has 0 saturated heterocycles. The molecule has 7 nitrogen and oxygen atoms in total. The predicted octanol–water partition coefficient (Wildman–Crippen LogP) is 3.99. The third-order valence-electron chi connectivity index (χ3n) is 5.94. The van der Waals surface area contributed by atoms with Crippen LogP contribution in [0.3, 0.4) is 0 Å². The predicted molar refractivity (Wildman–Crippen MR) is 120 cm³/mol. The van der Waals surface area contributed by atoms with Crippen molar-refractivity contribution in [3.8, 4) is 22.5 Å². The summed E-state index contributed by atoms with van der Waals surface area (Å²) in [7, 11) is 1.83. The van der Waals surface area contributed by atoms with E-state index in [9.17, 15) is 9.90 Å². The second kappa shape index (κ2) is 7.90. The van der Waals surface area contributed by atoms with Crippen LogP contribution in [0.5, 0.6) is 0 Å². The topological polar surface area (TPSA) is 85.8 Å². The van der Waals surface area contributed by atoms with Crippen molar-refractivity contribution >= 4 is 22.5 Å². The van der Waals surface area contributed by atoms with E-state index in [1.165, 1.54) is 0 Å². The maximum atomic E-state index is 13.5. The average molecular weight is 436 g/mol. The summed E-state index contributed by atoms with van der Waals surface area (Å²) in [6, 6.07) is 8.87. The Bertz CT molecular complexity index is 1310. The minimum atomic E-state index is -0.541. The number of halogens is 1. The zero-order valence-electron chi connectivity index (χ0n) is 17.1. The molecule has 4 aromatic rings. The van der Waals surface area contributed by atoms with E-state index in [4.69, 9.17) is 16.6 Å². The van der Waals surface area contributed by atoms with Crippen LogP contribution in [0.1, 0.15) is 31.7 Å². The molecule has 0 aliphatic heterocycles. The summed E-state index contributed by atoms with van der Waals surface area (Å²) in [4.78, 5) is 23.0. The van der Waals surface area contributed by atoms with E-state index in [1.54, 1.807) is 40.0 Å². The minimum absolute atomic E-state index is 0.168. The molecule has 0 bridgehead atoms. The van der Waals surface area contributed by atoms with Gasteiger partial charge in [-0.25, -0.2) is 9.97 Å². The number of rotatable bonds is 3. The van der Waals surface area contributed by atoms with Crippen molar-refractivity contribution in [2.24, 2.45) is 7.05 Å². The van der Waals surface area contributed by atoms with Gasteiger partial charge >= 0.3 is 0 Å². The van der Waals surface area contributed by atoms with Gasteiger partial charge in [-0.2, -0.15) is 5.10 Å². The molecule has 0 amide bonds. The molecule has 0 unspecified atom stereocenters. The first-order valence-electron chi connectivity index (χ1n) is 10.4. The zero-order valence-corrected chi connectivity index (χ0v) is 17.8. The van der Waals surface area contributed by atoms with Gasteiger partial charge in [-0.05, 0) is 31.0 Å². The molecule has 1 N–H and O–H groups in total. The first-order chi connectivity index (χ1) is 15.0. The van der Waals surface area contributed by atoms with Crippen LogP contribution in [0.25, 0.3) is 33.4 Å². The number of nitrogens with zero attached hydrogens (tertiary/aromatic N) is 5. The molecular formula is C23H22ClN5O2. The lowest BCUT2D eigenvalue weighted by Crippen LogP contribution is -2.34. The smallest absolute Gasteiger partial charge is 0.261 e. The molecule has 2 atom stereocenters. The standard InChI is InChI=1S/C23H22ClN5O2/c1-28-12-15(11-26-28)21-22-17(10-18(27-21)14-6-8-16(24)9-7-14)23(31)29(13-25-22)19-4-2-3-5-20(19)30/h6-13,19-20,30H,2-5H2,1H3/t19-,20+/m0/s1. The molecule has 31 heavy (non-hydrogen) atoms. The second-order valence-electron chi connectivity index (χ2n) is 8.04. The van der Waals surface area contributed by atoms with Crippen LogP contribution in [0, 0.1) is 0 Å². The van der Waals surface area contributed by atoms with Crippen molar-refractivity contribution in [2.45, 2.75) is 37.8 Å². The van der Waals surface area contributed by atoms with Gasteiger partial charge in [0.2, 0.25) is 0 Å². The summed E-state index contributed by atoms with van der Waals surface area (Å²) in [6.45, 7) is 0. The largest absolute Gasteiger partial charge is 0.391 e. The van der Waals surface area contributed by atoms with Gasteiger partial charge in [0, 0.05) is 29.4 Å². The zero-order chi connectivity index (χ0) is 21.5. The van der Waals surface area contributed by atoms with E-state index in [-0.39, 0.29) is 11.6 Å². The lowest BCUT2D eigenvalue weighted by atomic mass is 9.92. The van der Waals surface area contributed by atoms with Crippen LogP contribution in [-0.2, 0) is 7.05 Å². The van der Waals surface area contributed by atoms with Gasteiger partial charge < -0.3 is 5.11 Å². The Balaban J connectivity index is 1.75. The molecule has 8 heteroatoms. The number of aliphatic hydroxyl groups excluding tert-OH is 1. The molecular weight excluding hydrogens is 414 g/mol. The Morgan fingerprint density at radius 1 is 1.13 bits per heavy atom. The van der Waals surface area contributed by atoms with E-state index in [2.05, 4.69) is 10.1 Å². The van der Waals surface area contributed by atoms with Gasteiger partial charge in [-0.3, -0.25) is 14.0 Å². The third-order valence-corrected chi connectivity index (χ3v) is 6.19. The summed E-state index contributed by atoms with van der Waals surface area (Å²) in [5, 5.41) is 15.8. The molecule has 158 valence electrons. The highest BCUT2D eigenvalue weighted by atomic mass is 35.5. The Kier molecular flexibility index (Phi) is 5.08. The van der Waals surface area contributed by atoms with Crippen LogP contribution in [0.4, 0.5) is 0 Å². The summed E-state index contributed by atoms with van der Waals surface area (Å²) in [5.74, 6) is 0. The Morgan fingerprint density at radius 2 is 1.90 bits per heavy atom.